The number of thiophene rings is 1. The SMILES string of the molecule is CSc1ncc2c(n1)CCN(Cc1ccc(C(=O)O)s1)C2. The summed E-state index contributed by atoms with van der Waals surface area (Å²) in [5.41, 5.74) is 2.32. The van der Waals surface area contributed by atoms with Crippen LogP contribution in [-0.4, -0.2) is 38.7 Å². The Labute approximate surface area is 131 Å². The summed E-state index contributed by atoms with van der Waals surface area (Å²) < 4.78 is 0. The van der Waals surface area contributed by atoms with Crippen LogP contribution < -0.4 is 0 Å². The van der Waals surface area contributed by atoms with Gasteiger partial charge in [0.25, 0.3) is 0 Å². The van der Waals surface area contributed by atoms with Crippen LogP contribution in [0.3, 0.4) is 0 Å². The average Bonchev–Trinajstić information content (AvgIpc) is 2.95. The van der Waals surface area contributed by atoms with Crippen LogP contribution in [0.15, 0.2) is 23.5 Å². The normalized spacial score (nSPS) is 14.9. The van der Waals surface area contributed by atoms with E-state index in [1.807, 2.05) is 18.5 Å². The summed E-state index contributed by atoms with van der Waals surface area (Å²) in [4.78, 5) is 23.6. The van der Waals surface area contributed by atoms with E-state index in [1.165, 1.54) is 16.9 Å². The van der Waals surface area contributed by atoms with E-state index >= 15 is 0 Å². The molecule has 0 spiro atoms. The first-order chi connectivity index (χ1) is 10.2. The molecule has 110 valence electrons. The highest BCUT2D eigenvalue weighted by Gasteiger charge is 2.19. The number of fused-ring (bicyclic) bond motifs is 1. The number of hydrogen-bond donors (Lipinski definition) is 1. The summed E-state index contributed by atoms with van der Waals surface area (Å²) in [5, 5.41) is 9.79. The molecule has 21 heavy (non-hydrogen) atoms. The Balaban J connectivity index is 1.69. The van der Waals surface area contributed by atoms with Gasteiger partial charge in [-0.25, -0.2) is 14.8 Å². The Hall–Kier alpha value is -1.44. The molecule has 0 saturated carbocycles. The summed E-state index contributed by atoms with van der Waals surface area (Å²) in [7, 11) is 0. The number of carboxylic acid groups (broad SMARTS) is 1. The van der Waals surface area contributed by atoms with Gasteiger partial charge in [-0.15, -0.1) is 11.3 Å². The molecule has 0 amide bonds. The monoisotopic (exact) mass is 321 g/mol. The molecule has 0 fully saturated rings. The molecular formula is C14H15N3O2S2. The number of aromatic nitrogens is 2. The van der Waals surface area contributed by atoms with E-state index in [0.717, 1.165) is 41.8 Å². The van der Waals surface area contributed by atoms with Crippen LogP contribution in [0, 0.1) is 0 Å². The number of thioether (sulfide) groups is 1. The van der Waals surface area contributed by atoms with Gasteiger partial charge in [-0.1, -0.05) is 11.8 Å². The fraction of sp³-hybridized carbons (Fsp3) is 0.357. The van der Waals surface area contributed by atoms with E-state index in [4.69, 9.17) is 5.11 Å². The minimum atomic E-state index is -0.853. The van der Waals surface area contributed by atoms with Gasteiger partial charge in [0.1, 0.15) is 4.88 Å². The van der Waals surface area contributed by atoms with E-state index < -0.39 is 5.97 Å². The Kier molecular flexibility index (Phi) is 4.23. The van der Waals surface area contributed by atoms with Crippen molar-refractivity contribution in [3.8, 4) is 0 Å². The van der Waals surface area contributed by atoms with Crippen molar-refractivity contribution >= 4 is 29.1 Å². The lowest BCUT2D eigenvalue weighted by atomic mass is 10.1. The van der Waals surface area contributed by atoms with Crippen molar-refractivity contribution in [2.24, 2.45) is 0 Å². The molecule has 1 N–H and O–H groups in total. The largest absolute Gasteiger partial charge is 0.477 e. The maximum absolute atomic E-state index is 10.9. The average molecular weight is 321 g/mol. The molecule has 2 aromatic heterocycles. The maximum Gasteiger partial charge on any atom is 0.345 e. The van der Waals surface area contributed by atoms with E-state index in [0.29, 0.717) is 4.88 Å². The van der Waals surface area contributed by atoms with E-state index in [-0.39, 0.29) is 0 Å². The summed E-state index contributed by atoms with van der Waals surface area (Å²) in [6.45, 7) is 2.55. The van der Waals surface area contributed by atoms with Gasteiger partial charge in [0, 0.05) is 42.7 Å². The molecule has 3 heterocycles. The number of carboxylic acids is 1. The third kappa shape index (κ3) is 3.25. The molecular weight excluding hydrogens is 306 g/mol. The molecule has 0 aliphatic carbocycles. The smallest absolute Gasteiger partial charge is 0.345 e. The van der Waals surface area contributed by atoms with Crippen molar-refractivity contribution in [3.63, 3.8) is 0 Å². The van der Waals surface area contributed by atoms with Crippen LogP contribution in [0.1, 0.15) is 25.8 Å². The van der Waals surface area contributed by atoms with Crippen molar-refractivity contribution in [1.29, 1.82) is 0 Å². The van der Waals surface area contributed by atoms with E-state index in [9.17, 15) is 4.79 Å². The number of aromatic carboxylic acids is 1. The first-order valence-electron chi connectivity index (χ1n) is 6.59. The highest BCUT2D eigenvalue weighted by Crippen LogP contribution is 2.23. The molecule has 1 aliphatic heterocycles. The van der Waals surface area contributed by atoms with Crippen LogP contribution in [0.5, 0.6) is 0 Å². The maximum atomic E-state index is 10.9. The van der Waals surface area contributed by atoms with Crippen molar-refractivity contribution in [2.75, 3.05) is 12.8 Å². The summed E-state index contributed by atoms with van der Waals surface area (Å²) in [6, 6.07) is 3.57. The van der Waals surface area contributed by atoms with Crippen LogP contribution in [-0.2, 0) is 19.5 Å². The Bertz CT molecular complexity index is 672. The van der Waals surface area contributed by atoms with E-state index in [2.05, 4.69) is 14.9 Å². The van der Waals surface area contributed by atoms with E-state index in [1.54, 1.807) is 17.8 Å². The first kappa shape index (κ1) is 14.5. The molecule has 0 aromatic carbocycles. The topological polar surface area (TPSA) is 66.3 Å². The van der Waals surface area contributed by atoms with Gasteiger partial charge in [0.15, 0.2) is 5.16 Å². The first-order valence-corrected chi connectivity index (χ1v) is 8.63. The highest BCUT2D eigenvalue weighted by molar-refractivity contribution is 7.98. The molecule has 0 radical (unpaired) electrons. The summed E-state index contributed by atoms with van der Waals surface area (Å²) >= 11 is 2.91. The van der Waals surface area contributed by atoms with Crippen molar-refractivity contribution in [1.82, 2.24) is 14.9 Å². The lowest BCUT2D eigenvalue weighted by molar-refractivity contribution is 0.0702. The Morgan fingerprint density at radius 2 is 2.38 bits per heavy atom. The van der Waals surface area contributed by atoms with Gasteiger partial charge in [-0.05, 0) is 18.4 Å². The molecule has 3 rings (SSSR count). The summed E-state index contributed by atoms with van der Waals surface area (Å²) in [6.07, 6.45) is 4.81. The zero-order chi connectivity index (χ0) is 14.8. The van der Waals surface area contributed by atoms with Gasteiger partial charge in [0.05, 0.1) is 5.69 Å². The van der Waals surface area contributed by atoms with Crippen molar-refractivity contribution in [3.05, 3.63) is 39.3 Å². The third-order valence-electron chi connectivity index (χ3n) is 3.43. The summed E-state index contributed by atoms with van der Waals surface area (Å²) in [5.74, 6) is -0.853. The predicted molar refractivity (Wildman–Crippen MR) is 82.9 cm³/mol. The molecule has 5 nitrogen and oxygen atoms in total. The van der Waals surface area contributed by atoms with Crippen LogP contribution in [0.4, 0.5) is 0 Å². The quantitative estimate of drug-likeness (QED) is 0.689. The molecule has 0 saturated heterocycles. The van der Waals surface area contributed by atoms with Gasteiger partial charge in [-0.2, -0.15) is 0 Å². The minimum Gasteiger partial charge on any atom is -0.477 e. The molecule has 0 bridgehead atoms. The Morgan fingerprint density at radius 1 is 1.52 bits per heavy atom. The van der Waals surface area contributed by atoms with Crippen LogP contribution in [0.2, 0.25) is 0 Å². The fourth-order valence-electron chi connectivity index (χ4n) is 2.39. The van der Waals surface area contributed by atoms with Crippen molar-refractivity contribution in [2.45, 2.75) is 24.7 Å². The second-order valence-corrected chi connectivity index (χ2v) is 6.80. The third-order valence-corrected chi connectivity index (χ3v) is 5.05. The number of carbonyl (C=O) groups is 1. The minimum absolute atomic E-state index is 0.398. The highest BCUT2D eigenvalue weighted by atomic mass is 32.2. The van der Waals surface area contributed by atoms with Crippen LogP contribution >= 0.6 is 23.1 Å². The zero-order valence-electron chi connectivity index (χ0n) is 11.6. The number of rotatable bonds is 4. The lowest BCUT2D eigenvalue weighted by Gasteiger charge is -2.27. The molecule has 7 heteroatoms. The van der Waals surface area contributed by atoms with Gasteiger partial charge in [0.2, 0.25) is 0 Å². The number of nitrogens with zero attached hydrogens (tertiary/aromatic N) is 3. The molecule has 2 aromatic rings. The second-order valence-electron chi connectivity index (χ2n) is 4.86. The molecule has 1 aliphatic rings. The standard InChI is InChI=1S/C14H15N3O2S2/c1-20-14-15-6-9-7-17(5-4-11(9)16-14)8-10-2-3-12(21-10)13(18)19/h2-3,6H,4-5,7-8H2,1H3,(H,18,19). The zero-order valence-corrected chi connectivity index (χ0v) is 13.2. The number of hydrogen-bond acceptors (Lipinski definition) is 6. The second kappa shape index (κ2) is 6.13. The van der Waals surface area contributed by atoms with Crippen molar-refractivity contribution < 1.29 is 9.90 Å². The van der Waals surface area contributed by atoms with Gasteiger partial charge in [-0.3, -0.25) is 4.90 Å². The fourth-order valence-corrected chi connectivity index (χ4v) is 3.64. The predicted octanol–water partition coefficient (Wildman–Crippen LogP) is 2.52. The Morgan fingerprint density at radius 3 is 3.10 bits per heavy atom. The van der Waals surface area contributed by atoms with Gasteiger partial charge < -0.3 is 5.11 Å². The molecule has 0 unspecified atom stereocenters. The van der Waals surface area contributed by atoms with Gasteiger partial charge >= 0.3 is 5.97 Å². The molecule has 0 atom stereocenters. The van der Waals surface area contributed by atoms with Crippen LogP contribution in [0.25, 0.3) is 0 Å². The lowest BCUT2D eigenvalue weighted by Crippen LogP contribution is -2.30.